The lowest BCUT2D eigenvalue weighted by Gasteiger charge is -2.31. The van der Waals surface area contributed by atoms with Crippen LogP contribution in [-0.2, 0) is 14.3 Å². The lowest BCUT2D eigenvalue weighted by molar-refractivity contribution is -0.151. The third kappa shape index (κ3) is 4.91. The summed E-state index contributed by atoms with van der Waals surface area (Å²) in [5.74, 6) is -2.07. The standard InChI is InChI=1S/C17H22FN3O4/c1-2-25-17(24)11-5-7-21(8-6-11)15(22)10-20-12-3-4-14(18)13(9-12)16(19)23/h3-4,9,11,20H,2,5-8,10H2,1H3,(H2,19,23). The zero-order valence-electron chi connectivity index (χ0n) is 14.1. The Balaban J connectivity index is 1.84. The van der Waals surface area contributed by atoms with Crippen molar-refractivity contribution in [3.05, 3.63) is 29.6 Å². The largest absolute Gasteiger partial charge is 0.466 e. The second-order valence-corrected chi connectivity index (χ2v) is 5.82. The molecule has 136 valence electrons. The summed E-state index contributed by atoms with van der Waals surface area (Å²) in [7, 11) is 0. The maximum atomic E-state index is 13.4. The van der Waals surface area contributed by atoms with E-state index in [0.717, 1.165) is 6.07 Å². The van der Waals surface area contributed by atoms with Gasteiger partial charge in [0.05, 0.1) is 24.6 Å². The molecule has 0 radical (unpaired) electrons. The van der Waals surface area contributed by atoms with Crippen molar-refractivity contribution in [2.75, 3.05) is 31.6 Å². The van der Waals surface area contributed by atoms with Gasteiger partial charge in [-0.25, -0.2) is 4.39 Å². The number of piperidine rings is 1. The van der Waals surface area contributed by atoms with E-state index in [1.54, 1.807) is 11.8 Å². The maximum Gasteiger partial charge on any atom is 0.309 e. The molecule has 2 amide bonds. The molecule has 3 N–H and O–H groups in total. The molecule has 0 saturated carbocycles. The van der Waals surface area contributed by atoms with Crippen LogP contribution in [0.15, 0.2) is 18.2 Å². The van der Waals surface area contributed by atoms with Gasteiger partial charge in [0.15, 0.2) is 0 Å². The summed E-state index contributed by atoms with van der Waals surface area (Å²) in [4.78, 5) is 36.7. The maximum absolute atomic E-state index is 13.4. The molecule has 25 heavy (non-hydrogen) atoms. The quantitative estimate of drug-likeness (QED) is 0.748. The number of nitrogens with zero attached hydrogens (tertiary/aromatic N) is 1. The van der Waals surface area contributed by atoms with Crippen LogP contribution in [-0.4, -0.2) is 48.9 Å². The summed E-state index contributed by atoms with van der Waals surface area (Å²) >= 11 is 0. The van der Waals surface area contributed by atoms with E-state index in [1.165, 1.54) is 12.1 Å². The number of carbonyl (C=O) groups is 3. The molecule has 1 aromatic carbocycles. The first-order chi connectivity index (χ1) is 11.9. The Kier molecular flexibility index (Phi) is 6.32. The lowest BCUT2D eigenvalue weighted by atomic mass is 9.97. The van der Waals surface area contributed by atoms with Crippen molar-refractivity contribution < 1.29 is 23.5 Å². The van der Waals surface area contributed by atoms with Crippen molar-refractivity contribution in [3.8, 4) is 0 Å². The van der Waals surface area contributed by atoms with E-state index in [4.69, 9.17) is 10.5 Å². The molecule has 0 aromatic heterocycles. The van der Waals surface area contributed by atoms with Crippen molar-refractivity contribution in [2.45, 2.75) is 19.8 Å². The summed E-state index contributed by atoms with van der Waals surface area (Å²) in [5, 5.41) is 2.86. The van der Waals surface area contributed by atoms with Crippen molar-refractivity contribution >= 4 is 23.5 Å². The van der Waals surface area contributed by atoms with Crippen LogP contribution in [0.2, 0.25) is 0 Å². The van der Waals surface area contributed by atoms with Gasteiger partial charge in [-0.05, 0) is 38.0 Å². The number of anilines is 1. The summed E-state index contributed by atoms with van der Waals surface area (Å²) in [6.07, 6.45) is 1.15. The zero-order chi connectivity index (χ0) is 18.4. The lowest BCUT2D eigenvalue weighted by Crippen LogP contribution is -2.43. The number of carbonyl (C=O) groups excluding carboxylic acids is 3. The van der Waals surface area contributed by atoms with Gasteiger partial charge in [0.25, 0.3) is 5.91 Å². The third-order valence-electron chi connectivity index (χ3n) is 4.14. The van der Waals surface area contributed by atoms with Crippen LogP contribution in [0.4, 0.5) is 10.1 Å². The van der Waals surface area contributed by atoms with Crippen LogP contribution in [0.25, 0.3) is 0 Å². The number of likely N-dealkylation sites (tertiary alicyclic amines) is 1. The minimum absolute atomic E-state index is 0.00784. The first kappa shape index (κ1) is 18.7. The highest BCUT2D eigenvalue weighted by atomic mass is 19.1. The fourth-order valence-corrected chi connectivity index (χ4v) is 2.74. The monoisotopic (exact) mass is 351 g/mol. The van der Waals surface area contributed by atoms with E-state index in [1.807, 2.05) is 0 Å². The SMILES string of the molecule is CCOC(=O)C1CCN(C(=O)CNc2ccc(F)c(C(N)=O)c2)CC1. The third-order valence-corrected chi connectivity index (χ3v) is 4.14. The molecular weight excluding hydrogens is 329 g/mol. The highest BCUT2D eigenvalue weighted by Gasteiger charge is 2.27. The summed E-state index contributed by atoms with van der Waals surface area (Å²) in [5.41, 5.74) is 5.30. The first-order valence-corrected chi connectivity index (χ1v) is 8.20. The Bertz CT molecular complexity index is 657. The summed E-state index contributed by atoms with van der Waals surface area (Å²) < 4.78 is 18.4. The molecule has 0 bridgehead atoms. The molecule has 8 heteroatoms. The number of nitrogens with two attached hydrogens (primary N) is 1. The minimum Gasteiger partial charge on any atom is -0.466 e. The van der Waals surface area contributed by atoms with Crippen LogP contribution in [0.3, 0.4) is 0 Å². The van der Waals surface area contributed by atoms with E-state index < -0.39 is 11.7 Å². The van der Waals surface area contributed by atoms with Gasteiger partial charge < -0.3 is 20.7 Å². The van der Waals surface area contributed by atoms with Crippen molar-refractivity contribution in [2.24, 2.45) is 11.7 Å². The Morgan fingerprint density at radius 1 is 1.32 bits per heavy atom. The highest BCUT2D eigenvalue weighted by Crippen LogP contribution is 2.19. The van der Waals surface area contributed by atoms with Crippen LogP contribution in [0.1, 0.15) is 30.1 Å². The number of primary amides is 1. The van der Waals surface area contributed by atoms with Gasteiger partial charge in [-0.2, -0.15) is 0 Å². The molecule has 0 aliphatic carbocycles. The molecule has 1 saturated heterocycles. The molecule has 2 rings (SSSR count). The van der Waals surface area contributed by atoms with E-state index in [0.29, 0.717) is 38.2 Å². The first-order valence-electron chi connectivity index (χ1n) is 8.20. The normalized spacial score (nSPS) is 14.9. The Labute approximate surface area is 145 Å². The zero-order valence-corrected chi connectivity index (χ0v) is 14.1. The van der Waals surface area contributed by atoms with Gasteiger partial charge in [-0.3, -0.25) is 14.4 Å². The van der Waals surface area contributed by atoms with Crippen molar-refractivity contribution in [3.63, 3.8) is 0 Å². The number of benzene rings is 1. The number of ether oxygens (including phenoxy) is 1. The number of hydrogen-bond acceptors (Lipinski definition) is 5. The van der Waals surface area contributed by atoms with Gasteiger partial charge >= 0.3 is 5.97 Å². The van der Waals surface area contributed by atoms with Crippen LogP contribution < -0.4 is 11.1 Å². The topological polar surface area (TPSA) is 102 Å². The Hall–Kier alpha value is -2.64. The molecule has 0 spiro atoms. The summed E-state index contributed by atoms with van der Waals surface area (Å²) in [6, 6.07) is 3.83. The van der Waals surface area contributed by atoms with Gasteiger partial charge in [0.2, 0.25) is 5.91 Å². The van der Waals surface area contributed by atoms with E-state index in [9.17, 15) is 18.8 Å². The average molecular weight is 351 g/mol. The smallest absolute Gasteiger partial charge is 0.309 e. The second kappa shape index (κ2) is 8.46. The van der Waals surface area contributed by atoms with Gasteiger partial charge in [-0.1, -0.05) is 0 Å². The molecule has 0 unspecified atom stereocenters. The molecule has 1 fully saturated rings. The molecule has 0 atom stereocenters. The van der Waals surface area contributed by atoms with Crippen LogP contribution in [0.5, 0.6) is 0 Å². The number of nitrogens with one attached hydrogen (secondary N) is 1. The Morgan fingerprint density at radius 2 is 2.00 bits per heavy atom. The number of esters is 1. The fourth-order valence-electron chi connectivity index (χ4n) is 2.74. The summed E-state index contributed by atoms with van der Waals surface area (Å²) in [6.45, 7) is 3.10. The van der Waals surface area contributed by atoms with Crippen molar-refractivity contribution in [1.82, 2.24) is 4.90 Å². The number of halogens is 1. The highest BCUT2D eigenvalue weighted by molar-refractivity contribution is 5.94. The molecule has 1 heterocycles. The van der Waals surface area contributed by atoms with Crippen molar-refractivity contribution in [1.29, 1.82) is 0 Å². The predicted octanol–water partition coefficient (Wildman–Crippen LogP) is 1.14. The van der Waals surface area contributed by atoms with Gasteiger partial charge in [-0.15, -0.1) is 0 Å². The molecule has 7 nitrogen and oxygen atoms in total. The Morgan fingerprint density at radius 3 is 2.60 bits per heavy atom. The minimum atomic E-state index is -0.867. The van der Waals surface area contributed by atoms with Crippen LogP contribution in [0, 0.1) is 11.7 Å². The molecule has 1 aliphatic rings. The van der Waals surface area contributed by atoms with E-state index >= 15 is 0 Å². The number of hydrogen-bond donors (Lipinski definition) is 2. The van der Waals surface area contributed by atoms with E-state index in [2.05, 4.69) is 5.32 Å². The van der Waals surface area contributed by atoms with Gasteiger partial charge in [0, 0.05) is 18.8 Å². The van der Waals surface area contributed by atoms with Crippen LogP contribution >= 0.6 is 0 Å². The van der Waals surface area contributed by atoms with E-state index in [-0.39, 0.29) is 29.9 Å². The number of amides is 2. The average Bonchev–Trinajstić information content (AvgIpc) is 2.60. The molecule has 1 aliphatic heterocycles. The fraction of sp³-hybridized carbons (Fsp3) is 0.471. The second-order valence-electron chi connectivity index (χ2n) is 5.82. The number of rotatable bonds is 6. The van der Waals surface area contributed by atoms with Gasteiger partial charge in [0.1, 0.15) is 5.82 Å². The molecular formula is C17H22FN3O4. The predicted molar refractivity (Wildman–Crippen MR) is 89.3 cm³/mol. The molecule has 1 aromatic rings.